The SMILES string of the molecule is CCN1C(=O)C(Cl)CC=C1c1ccc(OCOC)cc1. The fourth-order valence-electron chi connectivity index (χ4n) is 2.16. The van der Waals surface area contributed by atoms with Crippen LogP contribution in [0.2, 0.25) is 0 Å². The predicted octanol–water partition coefficient (Wildman–Crippen LogP) is 2.87. The number of carbonyl (C=O) groups is 1. The highest BCUT2D eigenvalue weighted by atomic mass is 35.5. The molecule has 4 nitrogen and oxygen atoms in total. The van der Waals surface area contributed by atoms with Crippen LogP contribution in [0.1, 0.15) is 18.9 Å². The van der Waals surface area contributed by atoms with E-state index in [-0.39, 0.29) is 12.7 Å². The van der Waals surface area contributed by atoms with Crippen LogP contribution >= 0.6 is 11.6 Å². The van der Waals surface area contributed by atoms with Crippen LogP contribution in [0.15, 0.2) is 30.3 Å². The first kappa shape index (κ1) is 14.9. The molecule has 1 aromatic carbocycles. The third-order valence-corrected chi connectivity index (χ3v) is 3.52. The maximum absolute atomic E-state index is 12.1. The van der Waals surface area contributed by atoms with E-state index in [9.17, 15) is 4.79 Å². The molecule has 2 rings (SSSR count). The zero-order valence-corrected chi connectivity index (χ0v) is 12.4. The van der Waals surface area contributed by atoms with E-state index in [2.05, 4.69) is 0 Å². The van der Waals surface area contributed by atoms with E-state index in [1.807, 2.05) is 37.3 Å². The summed E-state index contributed by atoms with van der Waals surface area (Å²) in [6, 6.07) is 7.59. The summed E-state index contributed by atoms with van der Waals surface area (Å²) in [7, 11) is 1.58. The number of methoxy groups -OCH3 is 1. The second-order valence-corrected chi connectivity index (χ2v) is 4.98. The van der Waals surface area contributed by atoms with Crippen LogP contribution in [0.25, 0.3) is 5.70 Å². The summed E-state index contributed by atoms with van der Waals surface area (Å²) in [5.74, 6) is 0.697. The number of carbonyl (C=O) groups excluding carboxylic acids is 1. The van der Waals surface area contributed by atoms with Crippen molar-refractivity contribution < 1.29 is 14.3 Å². The molecule has 0 saturated carbocycles. The molecule has 1 atom stereocenters. The van der Waals surface area contributed by atoms with Crippen LogP contribution in [0.5, 0.6) is 5.75 Å². The number of rotatable bonds is 5. The minimum atomic E-state index is -0.456. The van der Waals surface area contributed by atoms with Gasteiger partial charge in [-0.25, -0.2) is 0 Å². The third kappa shape index (κ3) is 3.14. The van der Waals surface area contributed by atoms with Gasteiger partial charge < -0.3 is 14.4 Å². The predicted molar refractivity (Wildman–Crippen MR) is 78.6 cm³/mol. The van der Waals surface area contributed by atoms with Crippen LogP contribution in [-0.2, 0) is 9.53 Å². The van der Waals surface area contributed by atoms with E-state index in [4.69, 9.17) is 21.1 Å². The first-order chi connectivity index (χ1) is 9.67. The van der Waals surface area contributed by atoms with Gasteiger partial charge in [0, 0.05) is 19.4 Å². The number of hydrogen-bond donors (Lipinski definition) is 0. The number of amides is 1. The Morgan fingerprint density at radius 1 is 1.35 bits per heavy atom. The number of halogens is 1. The fraction of sp³-hybridized carbons (Fsp3) is 0.400. The van der Waals surface area contributed by atoms with Gasteiger partial charge in [0.25, 0.3) is 0 Å². The summed E-state index contributed by atoms with van der Waals surface area (Å²) in [4.78, 5) is 13.8. The first-order valence-electron chi connectivity index (χ1n) is 6.55. The zero-order valence-electron chi connectivity index (χ0n) is 11.6. The molecule has 0 spiro atoms. The lowest BCUT2D eigenvalue weighted by Crippen LogP contribution is -2.38. The third-order valence-electron chi connectivity index (χ3n) is 3.15. The number of nitrogens with zero attached hydrogens (tertiary/aromatic N) is 1. The van der Waals surface area contributed by atoms with E-state index >= 15 is 0 Å². The lowest BCUT2D eigenvalue weighted by molar-refractivity contribution is -0.127. The Labute approximate surface area is 123 Å². The number of benzene rings is 1. The first-order valence-corrected chi connectivity index (χ1v) is 6.98. The molecule has 1 aromatic rings. The van der Waals surface area contributed by atoms with Crippen LogP contribution in [0.4, 0.5) is 0 Å². The average Bonchev–Trinajstić information content (AvgIpc) is 2.48. The van der Waals surface area contributed by atoms with Crippen molar-refractivity contribution >= 4 is 23.2 Å². The van der Waals surface area contributed by atoms with Gasteiger partial charge in [0.05, 0.1) is 0 Å². The van der Waals surface area contributed by atoms with Crippen molar-refractivity contribution in [3.05, 3.63) is 35.9 Å². The standard InChI is InChI=1S/C15H18ClNO3/c1-3-17-14(9-8-13(16)15(17)18)11-4-6-12(7-5-11)20-10-19-2/h4-7,9,13H,3,8,10H2,1-2H3. The molecule has 1 aliphatic heterocycles. The van der Waals surface area contributed by atoms with Crippen LogP contribution < -0.4 is 4.74 Å². The minimum absolute atomic E-state index is 0.0358. The highest BCUT2D eigenvalue weighted by molar-refractivity contribution is 6.31. The van der Waals surface area contributed by atoms with Gasteiger partial charge in [-0.1, -0.05) is 6.08 Å². The molecule has 0 fully saturated rings. The molecular formula is C15H18ClNO3. The Bertz CT molecular complexity index is 498. The molecule has 0 N–H and O–H groups in total. The molecule has 0 saturated heterocycles. The summed E-state index contributed by atoms with van der Waals surface area (Å²) in [5.41, 5.74) is 1.89. The Kier molecular flexibility index (Phi) is 5.04. The van der Waals surface area contributed by atoms with Gasteiger partial charge in [-0.2, -0.15) is 0 Å². The number of allylic oxidation sites excluding steroid dienone is 1. The van der Waals surface area contributed by atoms with Crippen molar-refractivity contribution in [3.8, 4) is 5.75 Å². The topological polar surface area (TPSA) is 38.8 Å². The van der Waals surface area contributed by atoms with Crippen LogP contribution in [0, 0.1) is 0 Å². The summed E-state index contributed by atoms with van der Waals surface area (Å²) < 4.78 is 10.2. The highest BCUT2D eigenvalue weighted by Gasteiger charge is 2.28. The monoisotopic (exact) mass is 295 g/mol. The Hall–Kier alpha value is -1.52. The molecule has 1 heterocycles. The molecule has 0 aliphatic carbocycles. The summed E-state index contributed by atoms with van der Waals surface area (Å²) in [6.07, 6.45) is 2.57. The summed E-state index contributed by atoms with van der Waals surface area (Å²) in [5, 5.41) is -0.456. The van der Waals surface area contributed by atoms with E-state index in [1.54, 1.807) is 12.0 Å². The second-order valence-electron chi connectivity index (χ2n) is 4.45. The lowest BCUT2D eigenvalue weighted by atomic mass is 10.0. The van der Waals surface area contributed by atoms with E-state index < -0.39 is 5.38 Å². The number of ether oxygens (including phenoxy) is 2. The van der Waals surface area contributed by atoms with Crippen molar-refractivity contribution in [2.24, 2.45) is 0 Å². The minimum Gasteiger partial charge on any atom is -0.468 e. The summed E-state index contributed by atoms with van der Waals surface area (Å²) in [6.45, 7) is 2.77. The van der Waals surface area contributed by atoms with Crippen molar-refractivity contribution in [3.63, 3.8) is 0 Å². The molecule has 1 unspecified atom stereocenters. The van der Waals surface area contributed by atoms with Crippen molar-refractivity contribution in [2.45, 2.75) is 18.7 Å². The summed E-state index contributed by atoms with van der Waals surface area (Å²) >= 11 is 6.01. The largest absolute Gasteiger partial charge is 0.468 e. The molecular weight excluding hydrogens is 278 g/mol. The van der Waals surface area contributed by atoms with Crippen molar-refractivity contribution in [1.82, 2.24) is 4.90 Å². The zero-order chi connectivity index (χ0) is 14.5. The lowest BCUT2D eigenvalue weighted by Gasteiger charge is -2.30. The quantitative estimate of drug-likeness (QED) is 0.619. The van der Waals surface area contributed by atoms with Crippen LogP contribution in [0.3, 0.4) is 0 Å². The Morgan fingerprint density at radius 3 is 2.65 bits per heavy atom. The van der Waals surface area contributed by atoms with Gasteiger partial charge in [0.2, 0.25) is 5.91 Å². The van der Waals surface area contributed by atoms with E-state index in [0.29, 0.717) is 13.0 Å². The van der Waals surface area contributed by atoms with Gasteiger partial charge in [0.15, 0.2) is 6.79 Å². The highest BCUT2D eigenvalue weighted by Crippen LogP contribution is 2.28. The van der Waals surface area contributed by atoms with Crippen molar-refractivity contribution in [2.75, 3.05) is 20.4 Å². The molecule has 0 aromatic heterocycles. The van der Waals surface area contributed by atoms with Gasteiger partial charge in [-0.15, -0.1) is 11.6 Å². The smallest absolute Gasteiger partial charge is 0.245 e. The maximum Gasteiger partial charge on any atom is 0.245 e. The Balaban J connectivity index is 2.19. The molecule has 1 aliphatic rings. The van der Waals surface area contributed by atoms with Gasteiger partial charge >= 0.3 is 0 Å². The Morgan fingerprint density at radius 2 is 2.05 bits per heavy atom. The molecule has 0 bridgehead atoms. The normalized spacial score (nSPS) is 18.9. The van der Waals surface area contributed by atoms with Gasteiger partial charge in [-0.3, -0.25) is 4.79 Å². The van der Waals surface area contributed by atoms with Gasteiger partial charge in [0.1, 0.15) is 11.1 Å². The van der Waals surface area contributed by atoms with E-state index in [0.717, 1.165) is 17.0 Å². The molecule has 5 heteroatoms. The fourth-order valence-corrected chi connectivity index (χ4v) is 2.37. The second kappa shape index (κ2) is 6.77. The van der Waals surface area contributed by atoms with Crippen LogP contribution in [-0.4, -0.2) is 36.6 Å². The molecule has 1 amide bonds. The molecule has 0 radical (unpaired) electrons. The average molecular weight is 296 g/mol. The van der Waals surface area contributed by atoms with E-state index in [1.165, 1.54) is 0 Å². The maximum atomic E-state index is 12.1. The molecule has 108 valence electrons. The van der Waals surface area contributed by atoms with Crippen molar-refractivity contribution in [1.29, 1.82) is 0 Å². The number of hydrogen-bond acceptors (Lipinski definition) is 3. The van der Waals surface area contributed by atoms with Gasteiger partial charge in [-0.05, 0) is 43.2 Å². The molecule has 20 heavy (non-hydrogen) atoms. The number of alkyl halides is 1.